The lowest BCUT2D eigenvalue weighted by Crippen LogP contribution is -2.57. The van der Waals surface area contributed by atoms with E-state index in [9.17, 15) is 18.6 Å². The van der Waals surface area contributed by atoms with E-state index in [0.29, 0.717) is 5.90 Å². The van der Waals surface area contributed by atoms with Crippen LogP contribution >= 0.6 is 0 Å². The molecule has 1 aromatic rings. The van der Waals surface area contributed by atoms with Gasteiger partial charge in [-0.05, 0) is 19.1 Å². The van der Waals surface area contributed by atoms with Gasteiger partial charge in [0, 0.05) is 6.92 Å². The number of aliphatic imine (C=N–C) groups is 1. The van der Waals surface area contributed by atoms with Crippen LogP contribution in [0.4, 0.5) is 0 Å². The average Bonchev–Trinajstić information content (AvgIpc) is 2.91. The third kappa shape index (κ3) is 3.31. The van der Waals surface area contributed by atoms with E-state index in [1.54, 1.807) is 19.1 Å². The van der Waals surface area contributed by atoms with Gasteiger partial charge in [-0.2, -0.15) is 8.42 Å². The largest absolute Gasteiger partial charge is 0.450 e. The Kier molecular flexibility index (Phi) is 4.63. The number of benzene rings is 1. The van der Waals surface area contributed by atoms with Crippen molar-refractivity contribution < 1.29 is 32.3 Å². The minimum atomic E-state index is -3.99. The van der Waals surface area contributed by atoms with E-state index in [0.717, 1.165) is 5.56 Å². The van der Waals surface area contributed by atoms with Gasteiger partial charge in [0.15, 0.2) is 5.90 Å². The van der Waals surface area contributed by atoms with E-state index in [2.05, 4.69) is 4.99 Å². The highest BCUT2D eigenvalue weighted by Gasteiger charge is 2.48. The highest BCUT2D eigenvalue weighted by Crippen LogP contribution is 2.29. The van der Waals surface area contributed by atoms with Crippen LogP contribution in [0.5, 0.6) is 0 Å². The minimum Gasteiger partial charge on any atom is -0.450 e. The summed E-state index contributed by atoms with van der Waals surface area (Å²) < 4.78 is 40.1. The summed E-state index contributed by atoms with van der Waals surface area (Å²) in [6, 6.07) is 5.45. The van der Waals surface area contributed by atoms with Crippen molar-refractivity contribution in [2.45, 2.75) is 49.4 Å². The molecule has 0 amide bonds. The second-order valence-electron chi connectivity index (χ2n) is 5.83. The third-order valence-electron chi connectivity index (χ3n) is 3.98. The lowest BCUT2D eigenvalue weighted by atomic mass is 9.98. The number of aryl methyl sites for hydroxylation is 1. The van der Waals surface area contributed by atoms with Crippen LogP contribution in [0, 0.1) is 6.92 Å². The molecular formula is C15H19NO7S. The Morgan fingerprint density at radius 2 is 1.83 bits per heavy atom. The Morgan fingerprint density at radius 3 is 2.50 bits per heavy atom. The first-order valence-corrected chi connectivity index (χ1v) is 8.87. The minimum absolute atomic E-state index is 0.00752. The Morgan fingerprint density at radius 1 is 1.17 bits per heavy atom. The van der Waals surface area contributed by atoms with E-state index in [4.69, 9.17) is 13.7 Å². The lowest BCUT2D eigenvalue weighted by molar-refractivity contribution is -0.232. The molecule has 9 heteroatoms. The lowest BCUT2D eigenvalue weighted by Gasteiger charge is -2.37. The quantitative estimate of drug-likeness (QED) is 0.727. The molecule has 24 heavy (non-hydrogen) atoms. The highest BCUT2D eigenvalue weighted by molar-refractivity contribution is 7.86. The van der Waals surface area contributed by atoms with Gasteiger partial charge in [-0.25, -0.2) is 4.99 Å². The Balaban J connectivity index is 1.67. The van der Waals surface area contributed by atoms with Crippen molar-refractivity contribution in [2.24, 2.45) is 4.99 Å². The molecular weight excluding hydrogens is 338 g/mol. The maximum absolute atomic E-state index is 12.2. The second kappa shape index (κ2) is 6.41. The number of hydrogen-bond donors (Lipinski definition) is 2. The van der Waals surface area contributed by atoms with Gasteiger partial charge in [-0.15, -0.1) is 0 Å². The van der Waals surface area contributed by atoms with E-state index < -0.39 is 47.4 Å². The predicted octanol–water partition coefficient (Wildman–Crippen LogP) is -0.0358. The van der Waals surface area contributed by atoms with Crippen molar-refractivity contribution in [3.63, 3.8) is 0 Å². The molecule has 2 N–H and O–H groups in total. The van der Waals surface area contributed by atoms with E-state index in [1.165, 1.54) is 12.1 Å². The first-order chi connectivity index (χ1) is 11.3. The molecule has 1 saturated heterocycles. The molecule has 1 aromatic carbocycles. The number of rotatable bonds is 4. The fraction of sp³-hybridized carbons (Fsp3) is 0.533. The van der Waals surface area contributed by atoms with E-state index in [-0.39, 0.29) is 4.90 Å². The van der Waals surface area contributed by atoms with Gasteiger partial charge in [0.2, 0.25) is 6.29 Å². The van der Waals surface area contributed by atoms with E-state index >= 15 is 0 Å². The fourth-order valence-electron chi connectivity index (χ4n) is 2.63. The molecule has 0 radical (unpaired) electrons. The topological polar surface area (TPSA) is 115 Å². The Bertz CT molecular complexity index is 731. The molecule has 2 aliphatic rings. The zero-order valence-corrected chi connectivity index (χ0v) is 14.0. The van der Waals surface area contributed by atoms with Crippen LogP contribution in [-0.4, -0.2) is 61.8 Å². The molecule has 3 rings (SSSR count). The van der Waals surface area contributed by atoms with E-state index in [1.807, 2.05) is 6.92 Å². The molecule has 0 bridgehead atoms. The van der Waals surface area contributed by atoms with Crippen molar-refractivity contribution in [3.8, 4) is 0 Å². The molecule has 132 valence electrons. The number of hydrogen-bond acceptors (Lipinski definition) is 8. The number of aliphatic hydroxyl groups excluding tert-OH is 2. The van der Waals surface area contributed by atoms with Gasteiger partial charge >= 0.3 is 0 Å². The SMILES string of the molecule is CC1=N[C@H]2[C@@H](O1)O[C@H](COS(=O)(=O)c1ccc(C)cc1)[C@@H](O)[C@@H]2O. The van der Waals surface area contributed by atoms with Crippen molar-refractivity contribution in [1.82, 2.24) is 0 Å². The first kappa shape index (κ1) is 17.3. The smallest absolute Gasteiger partial charge is 0.297 e. The summed E-state index contributed by atoms with van der Waals surface area (Å²) in [5.41, 5.74) is 0.919. The van der Waals surface area contributed by atoms with Gasteiger partial charge in [0.1, 0.15) is 24.4 Å². The van der Waals surface area contributed by atoms with Gasteiger partial charge < -0.3 is 19.7 Å². The number of nitrogens with zero attached hydrogens (tertiary/aromatic N) is 1. The second-order valence-corrected chi connectivity index (χ2v) is 7.45. The third-order valence-corrected chi connectivity index (χ3v) is 5.28. The molecule has 8 nitrogen and oxygen atoms in total. The summed E-state index contributed by atoms with van der Waals surface area (Å²) in [6.45, 7) is 3.00. The predicted molar refractivity (Wildman–Crippen MR) is 83.0 cm³/mol. The number of ether oxygens (including phenoxy) is 2. The molecule has 0 aliphatic carbocycles. The molecule has 0 aromatic heterocycles. The monoisotopic (exact) mass is 357 g/mol. The van der Waals surface area contributed by atoms with Crippen molar-refractivity contribution in [2.75, 3.05) is 6.61 Å². The van der Waals surface area contributed by atoms with Crippen LogP contribution < -0.4 is 0 Å². The van der Waals surface area contributed by atoms with Gasteiger partial charge in [-0.3, -0.25) is 4.18 Å². The van der Waals surface area contributed by atoms with Gasteiger partial charge in [-0.1, -0.05) is 17.7 Å². The van der Waals surface area contributed by atoms with Crippen LogP contribution in [0.25, 0.3) is 0 Å². The standard InChI is InChI=1S/C15H19NO7S/c1-8-3-5-10(6-4-8)24(19,20)21-7-11-13(17)14(18)12-15(23-11)22-9(2)16-12/h3-6,11-15,17-18H,7H2,1-2H3/t11-,12-,13-,14-,15+/m1/s1. The van der Waals surface area contributed by atoms with Crippen molar-refractivity contribution >= 4 is 16.0 Å². The highest BCUT2D eigenvalue weighted by atomic mass is 32.2. The van der Waals surface area contributed by atoms with Crippen LogP contribution in [0.2, 0.25) is 0 Å². The molecule has 0 unspecified atom stereocenters. The summed E-state index contributed by atoms with van der Waals surface area (Å²) in [5, 5.41) is 20.2. The summed E-state index contributed by atoms with van der Waals surface area (Å²) in [5.74, 6) is 0.338. The normalized spacial score (nSPS) is 32.8. The maximum atomic E-state index is 12.2. The molecule has 5 atom stereocenters. The van der Waals surface area contributed by atoms with Gasteiger partial charge in [0.05, 0.1) is 11.5 Å². The van der Waals surface area contributed by atoms with Crippen molar-refractivity contribution in [3.05, 3.63) is 29.8 Å². The molecule has 2 aliphatic heterocycles. The van der Waals surface area contributed by atoms with Crippen LogP contribution in [0.1, 0.15) is 12.5 Å². The zero-order valence-electron chi connectivity index (χ0n) is 13.2. The number of fused-ring (bicyclic) bond motifs is 1. The molecule has 1 fully saturated rings. The maximum Gasteiger partial charge on any atom is 0.297 e. The average molecular weight is 357 g/mol. The Hall–Kier alpha value is -1.52. The van der Waals surface area contributed by atoms with Crippen LogP contribution in [0.3, 0.4) is 0 Å². The molecule has 0 spiro atoms. The molecule has 0 saturated carbocycles. The Labute approximate surface area is 139 Å². The number of aliphatic hydroxyl groups is 2. The summed E-state index contributed by atoms with van der Waals surface area (Å²) >= 11 is 0. The zero-order chi connectivity index (χ0) is 17.5. The van der Waals surface area contributed by atoms with Gasteiger partial charge in [0.25, 0.3) is 10.1 Å². The summed E-state index contributed by atoms with van der Waals surface area (Å²) in [6.07, 6.45) is -4.48. The van der Waals surface area contributed by atoms with Crippen LogP contribution in [0.15, 0.2) is 34.2 Å². The van der Waals surface area contributed by atoms with Crippen molar-refractivity contribution in [1.29, 1.82) is 0 Å². The summed E-state index contributed by atoms with van der Waals surface area (Å²) in [4.78, 5) is 4.05. The molecule has 2 heterocycles. The fourth-order valence-corrected chi connectivity index (χ4v) is 3.55. The summed E-state index contributed by atoms with van der Waals surface area (Å²) in [7, 11) is -3.99. The van der Waals surface area contributed by atoms with Crippen LogP contribution in [-0.2, 0) is 23.8 Å². The first-order valence-electron chi connectivity index (χ1n) is 7.47.